The van der Waals surface area contributed by atoms with Gasteiger partial charge in [-0.05, 0) is 96.1 Å². The largest absolute Gasteiger partial charge is 0.243 e. The van der Waals surface area contributed by atoms with E-state index in [0.29, 0.717) is 0 Å². The van der Waals surface area contributed by atoms with Gasteiger partial charge in [-0.25, -0.2) is 0 Å². The third-order valence-electron chi connectivity index (χ3n) is 10.3. The van der Waals surface area contributed by atoms with E-state index in [4.69, 9.17) is 0 Å². The summed E-state index contributed by atoms with van der Waals surface area (Å²) in [6, 6.07) is 48.0. The zero-order chi connectivity index (χ0) is 32.4. The molecule has 0 unspecified atom stereocenters. The standard InChI is InChI=1S/C46H39B/c1-28-23-30(3)45(31(4)24-28)47(46-32(5)25-29(2)26-33(46)6)42-27-41(35-15-11-8-12-16-35)39-20-18-36-17-19-37(34-13-9-7-10-14-34)38-21-22-40(42)44(39)43(36)38/h7-27H,1-6H3. The molecule has 0 aliphatic carbocycles. The molecule has 0 aromatic heterocycles. The molecule has 0 nitrogen and oxygen atoms in total. The summed E-state index contributed by atoms with van der Waals surface area (Å²) in [6.07, 6.45) is 0. The van der Waals surface area contributed by atoms with Gasteiger partial charge in [0.15, 0.2) is 0 Å². The highest BCUT2D eigenvalue weighted by atomic mass is 14.2. The second kappa shape index (κ2) is 11.3. The Labute approximate surface area is 279 Å². The van der Waals surface area contributed by atoms with Gasteiger partial charge in [-0.2, -0.15) is 0 Å². The van der Waals surface area contributed by atoms with Crippen LogP contribution in [0.15, 0.2) is 127 Å². The van der Waals surface area contributed by atoms with Gasteiger partial charge in [0.1, 0.15) is 0 Å². The van der Waals surface area contributed by atoms with Crippen molar-refractivity contribution in [2.75, 3.05) is 0 Å². The average Bonchev–Trinajstić information content (AvgIpc) is 3.06. The van der Waals surface area contributed by atoms with Crippen molar-refractivity contribution in [3.63, 3.8) is 0 Å². The van der Waals surface area contributed by atoms with Gasteiger partial charge in [-0.15, -0.1) is 0 Å². The molecule has 0 bridgehead atoms. The number of rotatable bonds is 5. The van der Waals surface area contributed by atoms with E-state index in [2.05, 4.69) is 169 Å². The third kappa shape index (κ3) is 4.76. The highest BCUT2D eigenvalue weighted by Gasteiger charge is 2.31. The summed E-state index contributed by atoms with van der Waals surface area (Å²) in [5.74, 6) is 0. The van der Waals surface area contributed by atoms with Crippen molar-refractivity contribution in [3.8, 4) is 22.3 Å². The molecular formula is C46H39B. The molecule has 1 heteroatoms. The maximum absolute atomic E-state index is 2.53. The first-order chi connectivity index (χ1) is 22.8. The minimum atomic E-state index is 0.0804. The van der Waals surface area contributed by atoms with Crippen molar-refractivity contribution >= 4 is 55.4 Å². The smallest absolute Gasteiger partial charge is 0.0629 e. The number of aryl methyl sites for hydroxylation is 6. The quantitative estimate of drug-likeness (QED) is 0.136. The monoisotopic (exact) mass is 602 g/mol. The van der Waals surface area contributed by atoms with Gasteiger partial charge in [0.05, 0.1) is 0 Å². The molecule has 226 valence electrons. The van der Waals surface area contributed by atoms with Crippen LogP contribution in [0.2, 0.25) is 0 Å². The summed E-state index contributed by atoms with van der Waals surface area (Å²) in [7, 11) is 0. The second-order valence-corrected chi connectivity index (χ2v) is 13.7. The van der Waals surface area contributed by atoms with Crippen LogP contribution in [-0.2, 0) is 0 Å². The van der Waals surface area contributed by atoms with Gasteiger partial charge >= 0.3 is 0 Å². The minimum Gasteiger partial charge on any atom is -0.0629 e. The summed E-state index contributed by atoms with van der Waals surface area (Å²) in [5, 5.41) is 7.97. The highest BCUT2D eigenvalue weighted by Crippen LogP contribution is 2.42. The van der Waals surface area contributed by atoms with Gasteiger partial charge in [0.25, 0.3) is 0 Å². The van der Waals surface area contributed by atoms with E-state index >= 15 is 0 Å². The fourth-order valence-corrected chi connectivity index (χ4v) is 8.64. The fourth-order valence-electron chi connectivity index (χ4n) is 8.64. The molecular weight excluding hydrogens is 563 g/mol. The predicted octanol–water partition coefficient (Wildman–Crippen LogP) is 10.3. The zero-order valence-corrected chi connectivity index (χ0v) is 28.2. The summed E-state index contributed by atoms with van der Waals surface area (Å²) >= 11 is 0. The van der Waals surface area contributed by atoms with Gasteiger partial charge < -0.3 is 0 Å². The molecule has 47 heavy (non-hydrogen) atoms. The van der Waals surface area contributed by atoms with Gasteiger partial charge in [0, 0.05) is 0 Å². The Kier molecular flexibility index (Phi) is 7.03. The van der Waals surface area contributed by atoms with Crippen LogP contribution in [0.4, 0.5) is 0 Å². The Bertz CT molecular complexity index is 2350. The van der Waals surface area contributed by atoms with Gasteiger partial charge in [0.2, 0.25) is 6.71 Å². The van der Waals surface area contributed by atoms with Crippen LogP contribution in [0, 0.1) is 41.5 Å². The van der Waals surface area contributed by atoms with Crippen molar-refractivity contribution in [3.05, 3.63) is 161 Å². The molecule has 0 spiro atoms. The van der Waals surface area contributed by atoms with Crippen LogP contribution in [0.25, 0.3) is 54.6 Å². The van der Waals surface area contributed by atoms with E-state index in [1.807, 2.05) is 0 Å². The molecule has 0 saturated heterocycles. The van der Waals surface area contributed by atoms with E-state index < -0.39 is 0 Å². The summed E-state index contributed by atoms with van der Waals surface area (Å²) in [6.45, 7) is 13.7. The minimum absolute atomic E-state index is 0.0804. The molecule has 0 aliphatic heterocycles. The summed E-state index contributed by atoms with van der Waals surface area (Å²) in [4.78, 5) is 0. The number of hydrogen-bond acceptors (Lipinski definition) is 0. The molecule has 0 fully saturated rings. The van der Waals surface area contributed by atoms with E-state index in [1.165, 1.54) is 104 Å². The van der Waals surface area contributed by atoms with Crippen LogP contribution < -0.4 is 16.4 Å². The Hall–Kier alpha value is -5.14. The molecule has 8 rings (SSSR count). The van der Waals surface area contributed by atoms with Crippen molar-refractivity contribution < 1.29 is 0 Å². The van der Waals surface area contributed by atoms with Crippen LogP contribution in [-0.4, -0.2) is 6.71 Å². The van der Waals surface area contributed by atoms with Crippen molar-refractivity contribution in [2.45, 2.75) is 41.5 Å². The van der Waals surface area contributed by atoms with E-state index in [1.54, 1.807) is 0 Å². The average molecular weight is 603 g/mol. The Morgan fingerprint density at radius 3 is 1.38 bits per heavy atom. The number of benzene rings is 8. The SMILES string of the molecule is Cc1cc(C)c(B(c2c(C)cc(C)cc2C)c2cc(-c3ccccc3)c3ccc4ccc(-c5ccccc5)c5ccc2c3c45)c(C)c1. The molecule has 0 saturated carbocycles. The first-order valence-electron chi connectivity index (χ1n) is 16.8. The molecule has 0 atom stereocenters. The van der Waals surface area contributed by atoms with E-state index in [-0.39, 0.29) is 6.71 Å². The molecule has 0 heterocycles. The summed E-state index contributed by atoms with van der Waals surface area (Å²) in [5.41, 5.74) is 17.3. The maximum Gasteiger partial charge on any atom is 0.243 e. The van der Waals surface area contributed by atoms with Gasteiger partial charge in [-0.3, -0.25) is 0 Å². The lowest BCUT2D eigenvalue weighted by atomic mass is 9.33. The third-order valence-corrected chi connectivity index (χ3v) is 10.3. The summed E-state index contributed by atoms with van der Waals surface area (Å²) < 4.78 is 0. The van der Waals surface area contributed by atoms with Crippen LogP contribution in [0.1, 0.15) is 33.4 Å². The van der Waals surface area contributed by atoms with Crippen molar-refractivity contribution in [1.29, 1.82) is 0 Å². The predicted molar refractivity (Wildman–Crippen MR) is 207 cm³/mol. The first kappa shape index (κ1) is 29.3. The Morgan fingerprint density at radius 2 is 0.830 bits per heavy atom. The topological polar surface area (TPSA) is 0 Å². The zero-order valence-electron chi connectivity index (χ0n) is 28.2. The van der Waals surface area contributed by atoms with Crippen molar-refractivity contribution in [1.82, 2.24) is 0 Å². The first-order valence-corrected chi connectivity index (χ1v) is 16.8. The molecule has 0 amide bonds. The van der Waals surface area contributed by atoms with Gasteiger partial charge in [-0.1, -0.05) is 177 Å². The Morgan fingerprint density at radius 1 is 0.383 bits per heavy atom. The lowest BCUT2D eigenvalue weighted by molar-refractivity contribution is 1.34. The Balaban J connectivity index is 1.57. The normalized spacial score (nSPS) is 11.6. The molecule has 0 radical (unpaired) electrons. The molecule has 8 aromatic rings. The second-order valence-electron chi connectivity index (χ2n) is 13.7. The molecule has 0 N–H and O–H groups in total. The maximum atomic E-state index is 2.53. The molecule has 8 aromatic carbocycles. The molecule has 0 aliphatic rings. The van der Waals surface area contributed by atoms with E-state index in [9.17, 15) is 0 Å². The van der Waals surface area contributed by atoms with Crippen molar-refractivity contribution in [2.24, 2.45) is 0 Å². The lowest BCUT2D eigenvalue weighted by Crippen LogP contribution is -2.56. The van der Waals surface area contributed by atoms with E-state index in [0.717, 1.165) is 0 Å². The number of hydrogen-bond donors (Lipinski definition) is 0. The lowest BCUT2D eigenvalue weighted by Gasteiger charge is -2.27. The van der Waals surface area contributed by atoms with Crippen LogP contribution in [0.5, 0.6) is 0 Å². The van der Waals surface area contributed by atoms with Crippen LogP contribution in [0.3, 0.4) is 0 Å². The highest BCUT2D eigenvalue weighted by molar-refractivity contribution is 6.98. The van der Waals surface area contributed by atoms with Crippen LogP contribution >= 0.6 is 0 Å². The fraction of sp³-hybridized carbons (Fsp3) is 0.130.